The molecule has 0 bridgehead atoms. The number of halogens is 1. The molecule has 78 valence electrons. The van der Waals surface area contributed by atoms with Crippen LogP contribution in [-0.2, 0) is 11.3 Å². The lowest BCUT2D eigenvalue weighted by atomic mass is 10.4. The zero-order chi connectivity index (χ0) is 10.7. The second-order valence-electron chi connectivity index (χ2n) is 3.00. The van der Waals surface area contributed by atoms with Crippen molar-refractivity contribution in [1.82, 2.24) is 19.7 Å². The maximum absolute atomic E-state index is 11.3. The molecular weight excluding hydrogens is 250 g/mol. The van der Waals surface area contributed by atoms with E-state index in [1.54, 1.807) is 18.8 Å². The molecule has 0 aliphatic carbocycles. The Labute approximate surface area is 90.2 Å². The molecule has 0 atom stereocenters. The van der Waals surface area contributed by atoms with Gasteiger partial charge in [-0.25, -0.2) is 4.68 Å². The fraction of sp³-hybridized carbons (Fsp3) is 0.571. The van der Waals surface area contributed by atoms with Crippen LogP contribution in [0, 0.1) is 0 Å². The molecule has 0 fully saturated rings. The van der Waals surface area contributed by atoms with Crippen molar-refractivity contribution in [1.29, 1.82) is 0 Å². The summed E-state index contributed by atoms with van der Waals surface area (Å²) in [6.07, 6.45) is 0.383. The molecule has 0 aliphatic heterocycles. The first-order valence-corrected chi connectivity index (χ1v) is 4.86. The fourth-order valence-corrected chi connectivity index (χ4v) is 1.35. The van der Waals surface area contributed by atoms with Crippen LogP contribution in [0.5, 0.6) is 0 Å². The monoisotopic (exact) mass is 261 g/mol. The molecular formula is C7H12BrN5O. The molecule has 0 radical (unpaired) electrons. The summed E-state index contributed by atoms with van der Waals surface area (Å²) in [6, 6.07) is 0. The first-order chi connectivity index (χ1) is 6.50. The van der Waals surface area contributed by atoms with E-state index in [2.05, 4.69) is 26.0 Å². The van der Waals surface area contributed by atoms with Gasteiger partial charge in [0.15, 0.2) is 4.73 Å². The van der Waals surface area contributed by atoms with Crippen molar-refractivity contribution in [2.24, 2.45) is 0 Å². The zero-order valence-corrected chi connectivity index (χ0v) is 9.65. The molecule has 1 amide bonds. The molecule has 1 rings (SSSR count). The summed E-state index contributed by atoms with van der Waals surface area (Å²) in [7, 11) is 3.43. The van der Waals surface area contributed by atoms with Crippen LogP contribution in [0.2, 0.25) is 0 Å². The topological polar surface area (TPSA) is 77.0 Å². The highest BCUT2D eigenvalue weighted by atomic mass is 79.9. The standard InChI is InChI=1S/C7H12BrN5O/c1-12(2)5(14)3-4-13-6(8)10-7(9)11-13/h3-4H2,1-2H3,(H2,9,11). The Balaban J connectivity index is 2.54. The van der Waals surface area contributed by atoms with Gasteiger partial charge in [0.1, 0.15) is 0 Å². The highest BCUT2D eigenvalue weighted by Crippen LogP contribution is 2.08. The number of nitrogens with two attached hydrogens (primary N) is 1. The number of nitrogen functional groups attached to an aromatic ring is 1. The predicted octanol–water partition coefficient (Wildman–Crippen LogP) is 0.101. The number of hydrogen-bond acceptors (Lipinski definition) is 4. The number of aryl methyl sites for hydroxylation is 1. The average Bonchev–Trinajstić information content (AvgIpc) is 2.40. The lowest BCUT2D eigenvalue weighted by Gasteiger charge is -2.09. The lowest BCUT2D eigenvalue weighted by Crippen LogP contribution is -2.23. The predicted molar refractivity (Wildman–Crippen MR) is 55.4 cm³/mol. The number of amides is 1. The Morgan fingerprint density at radius 1 is 1.64 bits per heavy atom. The number of carbonyl (C=O) groups is 1. The highest BCUT2D eigenvalue weighted by Gasteiger charge is 2.08. The average molecular weight is 262 g/mol. The van der Waals surface area contributed by atoms with E-state index in [1.807, 2.05) is 0 Å². The van der Waals surface area contributed by atoms with Crippen molar-refractivity contribution in [2.45, 2.75) is 13.0 Å². The van der Waals surface area contributed by atoms with Crippen LogP contribution in [0.4, 0.5) is 5.95 Å². The molecule has 1 aromatic heterocycles. The number of carbonyl (C=O) groups excluding carboxylic acids is 1. The second kappa shape index (κ2) is 4.41. The summed E-state index contributed by atoms with van der Waals surface area (Å²) in [4.78, 5) is 16.6. The Morgan fingerprint density at radius 2 is 2.29 bits per heavy atom. The molecule has 0 unspecified atom stereocenters. The number of aromatic nitrogens is 3. The number of hydrogen-bond donors (Lipinski definition) is 1. The van der Waals surface area contributed by atoms with Gasteiger partial charge in [0.2, 0.25) is 11.9 Å². The van der Waals surface area contributed by atoms with Crippen LogP contribution in [0.15, 0.2) is 4.73 Å². The Hall–Kier alpha value is -1.11. The van der Waals surface area contributed by atoms with Gasteiger partial charge in [0.05, 0.1) is 6.54 Å². The minimum absolute atomic E-state index is 0.0472. The van der Waals surface area contributed by atoms with Crippen LogP contribution < -0.4 is 5.73 Å². The van der Waals surface area contributed by atoms with E-state index in [0.717, 1.165) is 0 Å². The van der Waals surface area contributed by atoms with Crippen molar-refractivity contribution in [2.75, 3.05) is 19.8 Å². The summed E-state index contributed by atoms with van der Waals surface area (Å²) >= 11 is 3.19. The molecule has 0 saturated heterocycles. The quantitative estimate of drug-likeness (QED) is 0.838. The Kier molecular flexibility index (Phi) is 3.45. The smallest absolute Gasteiger partial charge is 0.240 e. The minimum Gasteiger partial charge on any atom is -0.366 e. The van der Waals surface area contributed by atoms with Gasteiger partial charge in [-0.05, 0) is 15.9 Å². The van der Waals surface area contributed by atoms with Gasteiger partial charge in [-0.2, -0.15) is 4.98 Å². The molecule has 1 aromatic rings. The SMILES string of the molecule is CN(C)C(=O)CCn1nc(N)nc1Br. The number of rotatable bonds is 3. The molecule has 2 N–H and O–H groups in total. The molecule has 7 heteroatoms. The van der Waals surface area contributed by atoms with Crippen LogP contribution >= 0.6 is 15.9 Å². The number of anilines is 1. The normalized spacial score (nSPS) is 10.2. The molecule has 0 spiro atoms. The van der Waals surface area contributed by atoms with Gasteiger partial charge in [-0.1, -0.05) is 0 Å². The van der Waals surface area contributed by atoms with Crippen LogP contribution in [0.1, 0.15) is 6.42 Å². The molecule has 0 saturated carbocycles. The Bertz CT molecular complexity index is 335. The first-order valence-electron chi connectivity index (χ1n) is 4.06. The maximum Gasteiger partial charge on any atom is 0.240 e. The first kappa shape index (κ1) is 11.0. The lowest BCUT2D eigenvalue weighted by molar-refractivity contribution is -0.128. The van der Waals surface area contributed by atoms with Crippen molar-refractivity contribution in [3.8, 4) is 0 Å². The van der Waals surface area contributed by atoms with E-state index in [-0.39, 0.29) is 11.9 Å². The third-order valence-corrected chi connectivity index (χ3v) is 2.27. The van der Waals surface area contributed by atoms with Crippen LogP contribution in [0.25, 0.3) is 0 Å². The maximum atomic E-state index is 11.3. The van der Waals surface area contributed by atoms with Gasteiger partial charge in [0, 0.05) is 20.5 Å². The van der Waals surface area contributed by atoms with E-state index >= 15 is 0 Å². The van der Waals surface area contributed by atoms with Gasteiger partial charge in [-0.15, -0.1) is 5.10 Å². The van der Waals surface area contributed by atoms with Crippen molar-refractivity contribution >= 4 is 27.8 Å². The molecule has 1 heterocycles. The van der Waals surface area contributed by atoms with Gasteiger partial charge in [-0.3, -0.25) is 4.79 Å². The third kappa shape index (κ3) is 2.69. The van der Waals surface area contributed by atoms with Gasteiger partial charge < -0.3 is 10.6 Å². The van der Waals surface area contributed by atoms with Gasteiger partial charge >= 0.3 is 0 Å². The summed E-state index contributed by atoms with van der Waals surface area (Å²) in [5, 5.41) is 3.91. The van der Waals surface area contributed by atoms with Crippen molar-refractivity contribution in [3.63, 3.8) is 0 Å². The van der Waals surface area contributed by atoms with Gasteiger partial charge in [0.25, 0.3) is 0 Å². The van der Waals surface area contributed by atoms with Crippen molar-refractivity contribution in [3.05, 3.63) is 4.73 Å². The third-order valence-electron chi connectivity index (χ3n) is 1.68. The van der Waals surface area contributed by atoms with E-state index in [4.69, 9.17) is 5.73 Å². The van der Waals surface area contributed by atoms with Crippen LogP contribution in [0.3, 0.4) is 0 Å². The molecule has 0 aromatic carbocycles. The van der Waals surface area contributed by atoms with E-state index in [9.17, 15) is 4.79 Å². The highest BCUT2D eigenvalue weighted by molar-refractivity contribution is 9.10. The fourth-order valence-electron chi connectivity index (χ4n) is 0.907. The van der Waals surface area contributed by atoms with E-state index in [0.29, 0.717) is 17.7 Å². The minimum atomic E-state index is 0.0472. The van der Waals surface area contributed by atoms with Crippen LogP contribution in [-0.4, -0.2) is 39.7 Å². The van der Waals surface area contributed by atoms with E-state index in [1.165, 1.54) is 4.90 Å². The summed E-state index contributed by atoms with van der Waals surface area (Å²) in [5.74, 6) is 0.250. The second-order valence-corrected chi connectivity index (χ2v) is 3.71. The van der Waals surface area contributed by atoms with E-state index < -0.39 is 0 Å². The van der Waals surface area contributed by atoms with Crippen molar-refractivity contribution < 1.29 is 4.79 Å². The summed E-state index contributed by atoms with van der Waals surface area (Å²) in [5.41, 5.74) is 5.38. The molecule has 6 nitrogen and oxygen atoms in total. The Morgan fingerprint density at radius 3 is 2.71 bits per heavy atom. The molecule has 14 heavy (non-hydrogen) atoms. The number of nitrogens with zero attached hydrogens (tertiary/aromatic N) is 4. The summed E-state index contributed by atoms with van der Waals surface area (Å²) in [6.45, 7) is 0.474. The molecule has 0 aliphatic rings. The largest absolute Gasteiger partial charge is 0.366 e. The summed E-state index contributed by atoms with van der Waals surface area (Å²) < 4.78 is 2.10. The zero-order valence-electron chi connectivity index (χ0n) is 8.07.